The summed E-state index contributed by atoms with van der Waals surface area (Å²) in [6.45, 7) is 3.93. The molecular formula is C14H17NO3S. The number of benzene rings is 1. The molecule has 1 aliphatic heterocycles. The average Bonchev–Trinajstić information content (AvgIpc) is 2.62. The summed E-state index contributed by atoms with van der Waals surface area (Å²) < 4.78 is 22.5. The van der Waals surface area contributed by atoms with E-state index >= 15 is 0 Å². The molecule has 1 amide bonds. The van der Waals surface area contributed by atoms with Crippen molar-refractivity contribution in [2.24, 2.45) is 5.92 Å². The number of allylic oxidation sites excluding steroid dienone is 1. The van der Waals surface area contributed by atoms with Crippen LogP contribution in [0.1, 0.15) is 17.5 Å². The summed E-state index contributed by atoms with van der Waals surface area (Å²) in [5, 5.41) is 4.02. The lowest BCUT2D eigenvalue weighted by Crippen LogP contribution is -2.18. The topological polar surface area (TPSA) is 63.2 Å². The Hall–Kier alpha value is -1.62. The van der Waals surface area contributed by atoms with Crippen LogP contribution >= 0.6 is 0 Å². The fourth-order valence-corrected chi connectivity index (χ4v) is 3.56. The molecule has 1 heterocycles. The van der Waals surface area contributed by atoms with Gasteiger partial charge in [0.1, 0.15) is 0 Å². The van der Waals surface area contributed by atoms with Crippen molar-refractivity contribution in [3.8, 4) is 0 Å². The van der Waals surface area contributed by atoms with Crippen LogP contribution in [0.25, 0.3) is 0 Å². The van der Waals surface area contributed by atoms with Gasteiger partial charge in [-0.15, -0.1) is 0 Å². The van der Waals surface area contributed by atoms with E-state index in [1.54, 1.807) is 6.08 Å². The van der Waals surface area contributed by atoms with Crippen LogP contribution < -0.4 is 5.32 Å². The van der Waals surface area contributed by atoms with Gasteiger partial charge in [-0.2, -0.15) is 0 Å². The van der Waals surface area contributed by atoms with E-state index in [-0.39, 0.29) is 24.0 Å². The predicted octanol–water partition coefficient (Wildman–Crippen LogP) is 2.19. The average molecular weight is 279 g/mol. The van der Waals surface area contributed by atoms with Gasteiger partial charge in [0.25, 0.3) is 0 Å². The molecule has 0 bridgehead atoms. The third kappa shape index (κ3) is 3.67. The summed E-state index contributed by atoms with van der Waals surface area (Å²) in [5.74, 6) is -0.331. The standard InChI is InChI=1S/C14H17NO3S/c1-10-3-4-13(11(2)7-10)15-14(16)8-12-5-6-19(17,18)9-12/h3-7,12H,8-9H2,1-2H3,(H,15,16)/t12-/m0/s1. The van der Waals surface area contributed by atoms with Crippen molar-refractivity contribution in [1.29, 1.82) is 0 Å². The van der Waals surface area contributed by atoms with Gasteiger partial charge in [-0.25, -0.2) is 8.42 Å². The highest BCUT2D eigenvalue weighted by Crippen LogP contribution is 2.20. The van der Waals surface area contributed by atoms with Crippen molar-refractivity contribution in [3.63, 3.8) is 0 Å². The van der Waals surface area contributed by atoms with E-state index in [1.165, 1.54) is 5.41 Å². The minimum Gasteiger partial charge on any atom is -0.326 e. The molecule has 5 heteroatoms. The molecule has 1 aliphatic rings. The van der Waals surface area contributed by atoms with Crippen LogP contribution in [0, 0.1) is 19.8 Å². The number of nitrogens with one attached hydrogen (secondary N) is 1. The minimum absolute atomic E-state index is 0.0350. The minimum atomic E-state index is -3.09. The number of amides is 1. The van der Waals surface area contributed by atoms with Crippen molar-refractivity contribution in [2.45, 2.75) is 20.3 Å². The maximum absolute atomic E-state index is 11.9. The monoisotopic (exact) mass is 279 g/mol. The number of aryl methyl sites for hydroxylation is 2. The lowest BCUT2D eigenvalue weighted by atomic mass is 10.1. The first-order valence-corrected chi connectivity index (χ1v) is 7.85. The fraction of sp³-hybridized carbons (Fsp3) is 0.357. The Labute approximate surface area is 113 Å². The molecule has 0 unspecified atom stereocenters. The quantitative estimate of drug-likeness (QED) is 0.922. The molecule has 0 radical (unpaired) electrons. The Kier molecular flexibility index (Phi) is 3.75. The third-order valence-electron chi connectivity index (χ3n) is 3.11. The first-order valence-electron chi connectivity index (χ1n) is 6.14. The largest absolute Gasteiger partial charge is 0.326 e. The molecule has 0 spiro atoms. The number of carbonyl (C=O) groups excluding carboxylic acids is 1. The van der Waals surface area contributed by atoms with Gasteiger partial charge in [0.2, 0.25) is 5.91 Å². The smallest absolute Gasteiger partial charge is 0.225 e. The highest BCUT2D eigenvalue weighted by molar-refractivity contribution is 7.94. The fourth-order valence-electron chi connectivity index (χ4n) is 2.16. The molecule has 0 saturated heterocycles. The lowest BCUT2D eigenvalue weighted by Gasteiger charge is -2.11. The van der Waals surface area contributed by atoms with E-state index in [1.807, 2.05) is 32.0 Å². The molecule has 1 atom stereocenters. The number of hydrogen-bond acceptors (Lipinski definition) is 3. The van der Waals surface area contributed by atoms with Crippen LogP contribution in [0.3, 0.4) is 0 Å². The second-order valence-corrected chi connectivity index (χ2v) is 6.92. The molecule has 0 fully saturated rings. The Balaban J connectivity index is 1.97. The van der Waals surface area contributed by atoms with Gasteiger partial charge >= 0.3 is 0 Å². The van der Waals surface area contributed by atoms with E-state index in [0.717, 1.165) is 16.8 Å². The zero-order valence-electron chi connectivity index (χ0n) is 11.0. The summed E-state index contributed by atoms with van der Waals surface area (Å²) in [6.07, 6.45) is 1.79. The number of hydrogen-bond donors (Lipinski definition) is 1. The summed E-state index contributed by atoms with van der Waals surface area (Å²) >= 11 is 0. The van der Waals surface area contributed by atoms with Crippen LogP contribution in [0.2, 0.25) is 0 Å². The Morgan fingerprint density at radius 2 is 2.11 bits per heavy atom. The van der Waals surface area contributed by atoms with Gasteiger partial charge in [-0.3, -0.25) is 4.79 Å². The summed E-state index contributed by atoms with van der Waals surface area (Å²) in [7, 11) is -3.09. The van der Waals surface area contributed by atoms with Crippen molar-refractivity contribution >= 4 is 21.4 Å². The lowest BCUT2D eigenvalue weighted by molar-refractivity contribution is -0.116. The van der Waals surface area contributed by atoms with Crippen LogP contribution in [0.4, 0.5) is 5.69 Å². The first kappa shape index (κ1) is 13.8. The summed E-state index contributed by atoms with van der Waals surface area (Å²) in [4.78, 5) is 11.9. The molecule has 2 rings (SSSR count). The molecule has 0 aromatic heterocycles. The van der Waals surface area contributed by atoms with E-state index < -0.39 is 9.84 Å². The molecule has 1 N–H and O–H groups in total. The third-order valence-corrected chi connectivity index (χ3v) is 4.57. The normalized spacial score (nSPS) is 20.4. The summed E-state index contributed by atoms with van der Waals surface area (Å²) in [5.41, 5.74) is 2.92. The Morgan fingerprint density at radius 1 is 1.37 bits per heavy atom. The SMILES string of the molecule is Cc1ccc(NC(=O)C[C@@H]2C=CS(=O)(=O)C2)c(C)c1. The van der Waals surface area contributed by atoms with Crippen molar-refractivity contribution in [2.75, 3.05) is 11.1 Å². The molecule has 102 valence electrons. The highest BCUT2D eigenvalue weighted by Gasteiger charge is 2.23. The summed E-state index contributed by atoms with van der Waals surface area (Å²) in [6, 6.07) is 5.79. The predicted molar refractivity (Wildman–Crippen MR) is 75.6 cm³/mol. The van der Waals surface area contributed by atoms with Crippen LogP contribution in [-0.2, 0) is 14.6 Å². The van der Waals surface area contributed by atoms with E-state index in [2.05, 4.69) is 5.32 Å². The van der Waals surface area contributed by atoms with E-state index in [9.17, 15) is 13.2 Å². The maximum atomic E-state index is 11.9. The van der Waals surface area contributed by atoms with Crippen molar-refractivity contribution in [3.05, 3.63) is 40.8 Å². The van der Waals surface area contributed by atoms with Crippen LogP contribution in [0.5, 0.6) is 0 Å². The number of rotatable bonds is 3. The van der Waals surface area contributed by atoms with Crippen molar-refractivity contribution < 1.29 is 13.2 Å². The van der Waals surface area contributed by atoms with E-state index in [4.69, 9.17) is 0 Å². The Bertz CT molecular complexity index is 632. The number of carbonyl (C=O) groups is 1. The molecule has 19 heavy (non-hydrogen) atoms. The van der Waals surface area contributed by atoms with Crippen LogP contribution in [0.15, 0.2) is 29.7 Å². The molecule has 0 aliphatic carbocycles. The van der Waals surface area contributed by atoms with E-state index in [0.29, 0.717) is 0 Å². The second kappa shape index (κ2) is 5.17. The zero-order valence-corrected chi connectivity index (χ0v) is 11.8. The first-order chi connectivity index (χ1) is 8.85. The number of sulfone groups is 1. The zero-order chi connectivity index (χ0) is 14.0. The Morgan fingerprint density at radius 3 is 2.68 bits per heavy atom. The van der Waals surface area contributed by atoms with Gasteiger partial charge in [0, 0.05) is 23.4 Å². The van der Waals surface area contributed by atoms with Gasteiger partial charge in [0.15, 0.2) is 9.84 Å². The van der Waals surface area contributed by atoms with Crippen LogP contribution in [-0.4, -0.2) is 20.1 Å². The van der Waals surface area contributed by atoms with Crippen molar-refractivity contribution in [1.82, 2.24) is 0 Å². The molecule has 1 aromatic carbocycles. The molecule has 1 aromatic rings. The highest BCUT2D eigenvalue weighted by atomic mass is 32.2. The molecular weight excluding hydrogens is 262 g/mol. The number of anilines is 1. The molecule has 0 saturated carbocycles. The van der Waals surface area contributed by atoms with Gasteiger partial charge < -0.3 is 5.32 Å². The maximum Gasteiger partial charge on any atom is 0.225 e. The second-order valence-electron chi connectivity index (χ2n) is 4.99. The van der Waals surface area contributed by atoms with Gasteiger partial charge in [-0.05, 0) is 25.5 Å². The van der Waals surface area contributed by atoms with Gasteiger partial charge in [-0.1, -0.05) is 23.8 Å². The molecule has 4 nitrogen and oxygen atoms in total. The van der Waals surface area contributed by atoms with Gasteiger partial charge in [0.05, 0.1) is 5.75 Å².